The Balaban J connectivity index is 2.20. The molecule has 0 saturated heterocycles. The van der Waals surface area contributed by atoms with Gasteiger partial charge in [-0.2, -0.15) is 0 Å². The average Bonchev–Trinajstić information content (AvgIpc) is 3.16. The Kier molecular flexibility index (Phi) is 4.14. The Morgan fingerprint density at radius 1 is 1.33 bits per heavy atom. The molecule has 1 fully saturated rings. The van der Waals surface area contributed by atoms with Crippen LogP contribution in [0.5, 0.6) is 0 Å². The molecule has 0 heteroatoms. The standard InChI is InChI=1S/C18H28/c1-5-6-16-11-12-18(4,17-9-10-17)15(3)8-7-14(2)13-16/h6,13,17H,3,5,7-12H2,1-2,4H3. The van der Waals surface area contributed by atoms with Crippen molar-refractivity contribution in [3.8, 4) is 0 Å². The molecule has 0 spiro atoms. The van der Waals surface area contributed by atoms with E-state index in [4.69, 9.17) is 0 Å². The van der Waals surface area contributed by atoms with Crippen molar-refractivity contribution >= 4 is 0 Å². The van der Waals surface area contributed by atoms with Gasteiger partial charge in [0.15, 0.2) is 0 Å². The lowest BCUT2D eigenvalue weighted by Gasteiger charge is -2.32. The van der Waals surface area contributed by atoms with Crippen molar-refractivity contribution in [3.63, 3.8) is 0 Å². The molecule has 0 radical (unpaired) electrons. The minimum Gasteiger partial charge on any atom is -0.0993 e. The third kappa shape index (κ3) is 2.96. The Bertz CT molecular complexity index is 379. The van der Waals surface area contributed by atoms with E-state index in [1.165, 1.54) is 49.7 Å². The maximum Gasteiger partial charge on any atom is -0.00876 e. The molecule has 0 aliphatic heterocycles. The topological polar surface area (TPSA) is 0 Å². The van der Waals surface area contributed by atoms with Gasteiger partial charge in [0.1, 0.15) is 0 Å². The second kappa shape index (κ2) is 5.47. The van der Waals surface area contributed by atoms with Crippen molar-refractivity contribution in [1.82, 2.24) is 0 Å². The fourth-order valence-corrected chi connectivity index (χ4v) is 3.31. The highest BCUT2D eigenvalue weighted by Crippen LogP contribution is 2.54. The number of hydrogen-bond donors (Lipinski definition) is 0. The Hall–Kier alpha value is -0.780. The predicted molar refractivity (Wildman–Crippen MR) is 80.6 cm³/mol. The third-order valence-electron chi connectivity index (χ3n) is 4.94. The molecule has 2 rings (SSSR count). The van der Waals surface area contributed by atoms with E-state index in [1.807, 2.05) is 0 Å². The SMILES string of the molecule is C=C1CCC(C)=CC(=CCC)CCC1(C)C1CC1. The third-order valence-corrected chi connectivity index (χ3v) is 4.94. The molecule has 0 nitrogen and oxygen atoms in total. The first kappa shape index (κ1) is 13.6. The van der Waals surface area contributed by atoms with Gasteiger partial charge in [0.05, 0.1) is 0 Å². The molecule has 18 heavy (non-hydrogen) atoms. The summed E-state index contributed by atoms with van der Waals surface area (Å²) in [5.41, 5.74) is 4.99. The van der Waals surface area contributed by atoms with E-state index in [-0.39, 0.29) is 0 Å². The summed E-state index contributed by atoms with van der Waals surface area (Å²) in [5, 5.41) is 0. The van der Waals surface area contributed by atoms with Crippen LogP contribution in [0.2, 0.25) is 0 Å². The summed E-state index contributed by atoms with van der Waals surface area (Å²) in [6, 6.07) is 0. The highest BCUT2D eigenvalue weighted by Gasteiger charge is 2.42. The molecule has 0 heterocycles. The molecule has 0 amide bonds. The van der Waals surface area contributed by atoms with Crippen LogP contribution in [-0.2, 0) is 0 Å². The molecule has 0 aromatic rings. The van der Waals surface area contributed by atoms with Gasteiger partial charge >= 0.3 is 0 Å². The molecule has 100 valence electrons. The van der Waals surface area contributed by atoms with Crippen LogP contribution in [-0.4, -0.2) is 0 Å². The number of hydrogen-bond acceptors (Lipinski definition) is 0. The van der Waals surface area contributed by atoms with Gasteiger partial charge in [-0.3, -0.25) is 0 Å². The molecular formula is C18H28. The molecular weight excluding hydrogens is 216 g/mol. The molecule has 0 aromatic heterocycles. The van der Waals surface area contributed by atoms with Crippen LogP contribution in [0.4, 0.5) is 0 Å². The van der Waals surface area contributed by atoms with Crippen LogP contribution in [0.3, 0.4) is 0 Å². The maximum atomic E-state index is 4.43. The lowest BCUT2D eigenvalue weighted by Crippen LogP contribution is -2.21. The zero-order valence-electron chi connectivity index (χ0n) is 12.4. The van der Waals surface area contributed by atoms with Crippen molar-refractivity contribution in [2.24, 2.45) is 11.3 Å². The summed E-state index contributed by atoms with van der Waals surface area (Å²) in [7, 11) is 0. The molecule has 2 aliphatic rings. The molecule has 0 N–H and O–H groups in total. The molecule has 1 atom stereocenters. The molecule has 0 bridgehead atoms. The molecule has 0 aromatic carbocycles. The van der Waals surface area contributed by atoms with E-state index in [0.717, 1.165) is 12.3 Å². The second-order valence-electron chi connectivity index (χ2n) is 6.47. The summed E-state index contributed by atoms with van der Waals surface area (Å²) in [4.78, 5) is 0. The van der Waals surface area contributed by atoms with Crippen LogP contribution >= 0.6 is 0 Å². The van der Waals surface area contributed by atoms with Gasteiger partial charge in [-0.1, -0.05) is 49.3 Å². The van der Waals surface area contributed by atoms with Crippen LogP contribution in [0, 0.1) is 11.3 Å². The Labute approximate surface area is 113 Å². The van der Waals surface area contributed by atoms with Gasteiger partial charge in [-0.15, -0.1) is 0 Å². The largest absolute Gasteiger partial charge is 0.0993 e. The van der Waals surface area contributed by atoms with E-state index in [9.17, 15) is 0 Å². The van der Waals surface area contributed by atoms with Crippen LogP contribution in [0.25, 0.3) is 0 Å². The van der Waals surface area contributed by atoms with Crippen LogP contribution in [0.15, 0.2) is 35.5 Å². The summed E-state index contributed by atoms with van der Waals surface area (Å²) in [5.74, 6) is 0.922. The first-order valence-electron chi connectivity index (χ1n) is 7.60. The van der Waals surface area contributed by atoms with Gasteiger partial charge in [0, 0.05) is 0 Å². The van der Waals surface area contributed by atoms with Gasteiger partial charge in [0.2, 0.25) is 0 Å². The number of allylic oxidation sites excluding steroid dienone is 5. The highest BCUT2D eigenvalue weighted by molar-refractivity contribution is 5.27. The lowest BCUT2D eigenvalue weighted by molar-refractivity contribution is 0.304. The molecule has 1 saturated carbocycles. The van der Waals surface area contributed by atoms with Crippen molar-refractivity contribution in [3.05, 3.63) is 35.5 Å². The first-order valence-corrected chi connectivity index (χ1v) is 7.60. The van der Waals surface area contributed by atoms with Gasteiger partial charge in [-0.25, -0.2) is 0 Å². The summed E-state index contributed by atoms with van der Waals surface area (Å²) >= 11 is 0. The maximum absolute atomic E-state index is 4.43. The van der Waals surface area contributed by atoms with Gasteiger partial charge < -0.3 is 0 Å². The van der Waals surface area contributed by atoms with E-state index in [1.54, 1.807) is 5.57 Å². The van der Waals surface area contributed by atoms with E-state index in [0.29, 0.717) is 5.41 Å². The van der Waals surface area contributed by atoms with E-state index < -0.39 is 0 Å². The molecule has 2 aliphatic carbocycles. The smallest absolute Gasteiger partial charge is 0.00876 e. The first-order chi connectivity index (χ1) is 8.56. The van der Waals surface area contributed by atoms with Gasteiger partial charge in [-0.05, 0) is 63.2 Å². The highest BCUT2D eigenvalue weighted by atomic mass is 14.5. The Morgan fingerprint density at radius 2 is 2.06 bits per heavy atom. The van der Waals surface area contributed by atoms with Crippen LogP contribution < -0.4 is 0 Å². The average molecular weight is 244 g/mol. The quantitative estimate of drug-likeness (QED) is 0.537. The fraction of sp³-hybridized carbons (Fsp3) is 0.667. The van der Waals surface area contributed by atoms with Crippen molar-refractivity contribution in [2.75, 3.05) is 0 Å². The monoisotopic (exact) mass is 244 g/mol. The van der Waals surface area contributed by atoms with Crippen LogP contribution in [0.1, 0.15) is 65.7 Å². The number of rotatable bonds is 2. The zero-order valence-corrected chi connectivity index (χ0v) is 12.4. The summed E-state index contributed by atoms with van der Waals surface area (Å²) < 4.78 is 0. The van der Waals surface area contributed by atoms with Crippen molar-refractivity contribution in [2.45, 2.75) is 65.7 Å². The minimum absolute atomic E-state index is 0.408. The van der Waals surface area contributed by atoms with E-state index >= 15 is 0 Å². The zero-order chi connectivity index (χ0) is 13.2. The predicted octanol–water partition coefficient (Wildman–Crippen LogP) is 5.82. The lowest BCUT2D eigenvalue weighted by atomic mass is 9.72. The van der Waals surface area contributed by atoms with Gasteiger partial charge in [0.25, 0.3) is 0 Å². The van der Waals surface area contributed by atoms with Crippen molar-refractivity contribution < 1.29 is 0 Å². The van der Waals surface area contributed by atoms with E-state index in [2.05, 4.69) is 39.5 Å². The Morgan fingerprint density at radius 3 is 2.67 bits per heavy atom. The second-order valence-corrected chi connectivity index (χ2v) is 6.47. The minimum atomic E-state index is 0.408. The van der Waals surface area contributed by atoms with Crippen molar-refractivity contribution in [1.29, 1.82) is 0 Å². The normalized spacial score (nSPS) is 32.7. The fourth-order valence-electron chi connectivity index (χ4n) is 3.31. The summed E-state index contributed by atoms with van der Waals surface area (Å²) in [6.07, 6.45) is 13.8. The summed E-state index contributed by atoms with van der Waals surface area (Å²) in [6.45, 7) is 11.4. The molecule has 1 unspecified atom stereocenters.